The third kappa shape index (κ3) is 4.11. The van der Waals surface area contributed by atoms with Crippen molar-refractivity contribution in [3.63, 3.8) is 0 Å². The zero-order valence-corrected chi connectivity index (χ0v) is 17.5. The van der Waals surface area contributed by atoms with Gasteiger partial charge in [-0.25, -0.2) is 9.48 Å². The predicted molar refractivity (Wildman–Crippen MR) is 110 cm³/mol. The molecule has 166 valence electrons. The number of hydrogen-bond donors (Lipinski definition) is 3. The standard InChI is InChI=1S/C20H25N5O6/c1-10(26)15(11-6-13(30-2)8-14(7-11)31-3)17-16(19(22)27)18(21)25(23-17)12-4-5-24(9-12)20(28)29/h6-8,12,15H,4-5,9,21H2,1-3H3,(H2,22,27)(H,28,29). The van der Waals surface area contributed by atoms with Crippen molar-refractivity contribution in [2.45, 2.75) is 25.3 Å². The first-order valence-electron chi connectivity index (χ1n) is 9.56. The Kier molecular flexibility index (Phi) is 6.04. The molecule has 1 aromatic heterocycles. The van der Waals surface area contributed by atoms with E-state index >= 15 is 0 Å². The van der Waals surface area contributed by atoms with Crippen molar-refractivity contribution in [2.24, 2.45) is 5.73 Å². The van der Waals surface area contributed by atoms with Gasteiger partial charge in [0.15, 0.2) is 0 Å². The minimum atomic E-state index is -1.05. The zero-order chi connectivity index (χ0) is 22.9. The van der Waals surface area contributed by atoms with Crippen molar-refractivity contribution in [3.05, 3.63) is 35.0 Å². The van der Waals surface area contributed by atoms with Gasteiger partial charge in [0, 0.05) is 19.2 Å². The van der Waals surface area contributed by atoms with Crippen LogP contribution in [0.4, 0.5) is 10.6 Å². The maximum absolute atomic E-state index is 12.7. The minimum Gasteiger partial charge on any atom is -0.497 e. The van der Waals surface area contributed by atoms with Crippen molar-refractivity contribution in [1.29, 1.82) is 0 Å². The average Bonchev–Trinajstić information content (AvgIpc) is 3.32. The van der Waals surface area contributed by atoms with Crippen molar-refractivity contribution in [2.75, 3.05) is 33.0 Å². The summed E-state index contributed by atoms with van der Waals surface area (Å²) in [5, 5.41) is 13.7. The van der Waals surface area contributed by atoms with Crippen molar-refractivity contribution >= 4 is 23.6 Å². The van der Waals surface area contributed by atoms with Crippen molar-refractivity contribution in [1.82, 2.24) is 14.7 Å². The second-order valence-corrected chi connectivity index (χ2v) is 7.32. The fourth-order valence-corrected chi connectivity index (χ4v) is 3.89. The van der Waals surface area contributed by atoms with E-state index in [-0.39, 0.29) is 35.4 Å². The largest absolute Gasteiger partial charge is 0.497 e. The Morgan fingerprint density at radius 1 is 1.19 bits per heavy atom. The van der Waals surface area contributed by atoms with Gasteiger partial charge in [-0.3, -0.25) is 9.59 Å². The molecule has 11 heteroatoms. The van der Waals surface area contributed by atoms with Crippen LogP contribution in [0, 0.1) is 0 Å². The summed E-state index contributed by atoms with van der Waals surface area (Å²) in [6.07, 6.45) is -0.582. The van der Waals surface area contributed by atoms with Crippen LogP contribution in [0.15, 0.2) is 18.2 Å². The average molecular weight is 431 g/mol. The van der Waals surface area contributed by atoms with Crippen LogP contribution >= 0.6 is 0 Å². The Balaban J connectivity index is 2.14. The van der Waals surface area contributed by atoms with Crippen LogP contribution in [-0.4, -0.2) is 64.9 Å². The number of aromatic nitrogens is 2. The zero-order valence-electron chi connectivity index (χ0n) is 17.5. The molecule has 31 heavy (non-hydrogen) atoms. The third-order valence-corrected chi connectivity index (χ3v) is 5.39. The van der Waals surface area contributed by atoms with Crippen LogP contribution in [-0.2, 0) is 4.79 Å². The molecular weight excluding hydrogens is 406 g/mol. The van der Waals surface area contributed by atoms with E-state index in [2.05, 4.69) is 5.10 Å². The van der Waals surface area contributed by atoms with E-state index < -0.39 is 17.9 Å². The second kappa shape index (κ2) is 8.54. The van der Waals surface area contributed by atoms with Crippen LogP contribution in [0.2, 0.25) is 0 Å². The van der Waals surface area contributed by atoms with Gasteiger partial charge < -0.3 is 30.9 Å². The number of primary amides is 1. The Labute approximate surface area is 178 Å². The van der Waals surface area contributed by atoms with E-state index in [1.54, 1.807) is 18.2 Å². The number of carbonyl (C=O) groups excluding carboxylic acids is 2. The van der Waals surface area contributed by atoms with Crippen LogP contribution < -0.4 is 20.9 Å². The molecule has 11 nitrogen and oxygen atoms in total. The summed E-state index contributed by atoms with van der Waals surface area (Å²) in [4.78, 5) is 37.5. The van der Waals surface area contributed by atoms with Gasteiger partial charge >= 0.3 is 6.09 Å². The van der Waals surface area contributed by atoms with Crippen LogP contribution in [0.25, 0.3) is 0 Å². The number of rotatable bonds is 7. The van der Waals surface area contributed by atoms with Crippen molar-refractivity contribution < 1.29 is 29.0 Å². The predicted octanol–water partition coefficient (Wildman–Crippen LogP) is 1.23. The highest BCUT2D eigenvalue weighted by Gasteiger charge is 2.35. The maximum Gasteiger partial charge on any atom is 0.407 e. The number of ketones is 1. The number of methoxy groups -OCH3 is 2. The molecule has 3 rings (SSSR count). The smallest absolute Gasteiger partial charge is 0.407 e. The third-order valence-electron chi connectivity index (χ3n) is 5.39. The molecule has 2 heterocycles. The van der Waals surface area contributed by atoms with Gasteiger partial charge in [-0.2, -0.15) is 5.10 Å². The molecule has 1 fully saturated rings. The van der Waals surface area contributed by atoms with Crippen LogP contribution in [0.1, 0.15) is 46.9 Å². The molecule has 0 bridgehead atoms. The molecule has 2 aromatic rings. The number of nitrogens with zero attached hydrogens (tertiary/aromatic N) is 3. The molecule has 0 saturated carbocycles. The highest BCUT2D eigenvalue weighted by atomic mass is 16.5. The maximum atomic E-state index is 12.7. The number of Topliss-reactive ketones (excluding diaryl/α,β-unsaturated/α-hetero) is 1. The monoisotopic (exact) mass is 431 g/mol. The van der Waals surface area contributed by atoms with E-state index in [1.165, 1.54) is 30.7 Å². The number of anilines is 1. The number of likely N-dealkylation sites (tertiary alicyclic amines) is 1. The fraction of sp³-hybridized carbons (Fsp3) is 0.400. The van der Waals surface area contributed by atoms with Crippen molar-refractivity contribution in [3.8, 4) is 11.5 Å². The summed E-state index contributed by atoms with van der Waals surface area (Å²) < 4.78 is 12.0. The summed E-state index contributed by atoms with van der Waals surface area (Å²) in [5.41, 5.74) is 12.3. The van der Waals surface area contributed by atoms with E-state index in [9.17, 15) is 19.5 Å². The first kappa shape index (κ1) is 21.9. The van der Waals surface area contributed by atoms with Crippen LogP contribution in [0.5, 0.6) is 11.5 Å². The molecule has 1 aliphatic rings. The summed E-state index contributed by atoms with van der Waals surface area (Å²) in [5.74, 6) is -1.15. The first-order chi connectivity index (χ1) is 14.7. The lowest BCUT2D eigenvalue weighted by Crippen LogP contribution is -2.27. The SMILES string of the molecule is COc1cc(OC)cc(C(C(C)=O)c2nn(C3CCN(C(=O)O)C3)c(N)c2C(N)=O)c1. The number of carboxylic acid groups (broad SMARTS) is 1. The quantitative estimate of drug-likeness (QED) is 0.589. The lowest BCUT2D eigenvalue weighted by Gasteiger charge is -2.16. The van der Waals surface area contributed by atoms with Gasteiger partial charge in [-0.15, -0.1) is 0 Å². The number of hydrogen-bond acceptors (Lipinski definition) is 7. The number of carbonyl (C=O) groups is 3. The molecule has 2 atom stereocenters. The summed E-state index contributed by atoms with van der Waals surface area (Å²) in [6.45, 7) is 1.85. The van der Waals surface area contributed by atoms with Gasteiger partial charge in [0.05, 0.1) is 31.9 Å². The Morgan fingerprint density at radius 2 is 1.81 bits per heavy atom. The fourth-order valence-electron chi connectivity index (χ4n) is 3.89. The van der Waals surface area contributed by atoms with E-state index in [4.69, 9.17) is 20.9 Å². The van der Waals surface area contributed by atoms with Crippen LogP contribution in [0.3, 0.4) is 0 Å². The highest BCUT2D eigenvalue weighted by Crippen LogP contribution is 2.36. The molecule has 1 aromatic carbocycles. The van der Waals surface area contributed by atoms with Gasteiger partial charge in [-0.05, 0) is 31.0 Å². The molecule has 5 N–H and O–H groups in total. The normalized spacial score (nSPS) is 16.7. The molecule has 2 unspecified atom stereocenters. The van der Waals surface area contributed by atoms with Gasteiger partial charge in [-0.1, -0.05) is 0 Å². The number of nitrogens with two attached hydrogens (primary N) is 2. The van der Waals surface area contributed by atoms with Gasteiger partial charge in [0.25, 0.3) is 5.91 Å². The Bertz CT molecular complexity index is 1010. The number of ether oxygens (including phenoxy) is 2. The Morgan fingerprint density at radius 3 is 2.26 bits per heavy atom. The number of amides is 2. The summed E-state index contributed by atoms with van der Waals surface area (Å²) >= 11 is 0. The molecule has 1 aliphatic heterocycles. The lowest BCUT2D eigenvalue weighted by molar-refractivity contribution is -0.117. The van der Waals surface area contributed by atoms with Gasteiger partial charge in [0.2, 0.25) is 0 Å². The molecule has 0 spiro atoms. The number of nitrogen functional groups attached to an aromatic ring is 1. The molecular formula is C20H25N5O6. The topological polar surface area (TPSA) is 163 Å². The van der Waals surface area contributed by atoms with E-state index in [1.807, 2.05) is 0 Å². The highest BCUT2D eigenvalue weighted by molar-refractivity contribution is 6.01. The van der Waals surface area contributed by atoms with E-state index in [0.29, 0.717) is 30.0 Å². The lowest BCUT2D eigenvalue weighted by atomic mass is 9.89. The Hall–Kier alpha value is -3.76. The summed E-state index contributed by atoms with van der Waals surface area (Å²) in [7, 11) is 2.97. The first-order valence-corrected chi connectivity index (χ1v) is 9.56. The molecule has 2 amide bonds. The van der Waals surface area contributed by atoms with Gasteiger partial charge in [0.1, 0.15) is 28.7 Å². The molecule has 1 saturated heterocycles. The molecule has 0 radical (unpaired) electrons. The minimum absolute atomic E-state index is 0.000787. The number of benzene rings is 1. The molecule has 0 aliphatic carbocycles. The second-order valence-electron chi connectivity index (χ2n) is 7.32. The van der Waals surface area contributed by atoms with E-state index in [0.717, 1.165) is 0 Å². The summed E-state index contributed by atoms with van der Waals surface area (Å²) in [6, 6.07) is 4.57.